The minimum absolute atomic E-state index is 0.695. The van der Waals surface area contributed by atoms with Gasteiger partial charge in [0.15, 0.2) is 5.09 Å². The number of furan rings is 1. The summed E-state index contributed by atoms with van der Waals surface area (Å²) in [5.41, 5.74) is 5.46. The largest absolute Gasteiger partial charge is 0.455 e. The van der Waals surface area contributed by atoms with Crippen LogP contribution >= 0.6 is 23.4 Å². The molecule has 0 atom stereocenters. The Labute approximate surface area is 110 Å². The topological polar surface area (TPSA) is 39.2 Å². The van der Waals surface area contributed by atoms with E-state index >= 15 is 0 Å². The molecule has 0 bridgehead atoms. The van der Waals surface area contributed by atoms with Crippen molar-refractivity contribution in [2.45, 2.75) is 22.8 Å². The summed E-state index contributed by atoms with van der Waals surface area (Å²) < 4.78 is 5.69. The molecule has 0 unspecified atom stereocenters. The highest BCUT2D eigenvalue weighted by molar-refractivity contribution is 7.99. The SMILES string of the molecule is NCCCc1ccc(Sc2ccc(Cl)cc2)o1. The van der Waals surface area contributed by atoms with Gasteiger partial charge in [-0.2, -0.15) is 0 Å². The minimum Gasteiger partial charge on any atom is -0.455 e. The molecular weight excluding hydrogens is 254 g/mol. The molecule has 2 N–H and O–H groups in total. The maximum absolute atomic E-state index is 5.83. The van der Waals surface area contributed by atoms with E-state index in [0.717, 1.165) is 33.6 Å². The molecule has 0 spiro atoms. The first-order chi connectivity index (χ1) is 8.28. The first-order valence-corrected chi connectivity index (χ1v) is 6.69. The van der Waals surface area contributed by atoms with Crippen LogP contribution in [0.5, 0.6) is 0 Å². The van der Waals surface area contributed by atoms with E-state index in [1.165, 1.54) is 0 Å². The number of aryl methyl sites for hydroxylation is 1. The second-order valence-corrected chi connectivity index (χ2v) is 5.18. The van der Waals surface area contributed by atoms with Crippen molar-refractivity contribution in [1.29, 1.82) is 0 Å². The van der Waals surface area contributed by atoms with Crippen LogP contribution in [0, 0.1) is 0 Å². The molecule has 90 valence electrons. The molecule has 0 radical (unpaired) electrons. The molecule has 17 heavy (non-hydrogen) atoms. The van der Waals surface area contributed by atoms with Gasteiger partial charge in [0.1, 0.15) is 5.76 Å². The number of hydrogen-bond acceptors (Lipinski definition) is 3. The molecule has 0 saturated heterocycles. The van der Waals surface area contributed by atoms with E-state index in [1.807, 2.05) is 36.4 Å². The highest BCUT2D eigenvalue weighted by atomic mass is 35.5. The van der Waals surface area contributed by atoms with Gasteiger partial charge >= 0.3 is 0 Å². The lowest BCUT2D eigenvalue weighted by atomic mass is 10.2. The molecule has 1 aromatic carbocycles. The maximum Gasteiger partial charge on any atom is 0.165 e. The van der Waals surface area contributed by atoms with Crippen LogP contribution in [0.1, 0.15) is 12.2 Å². The number of nitrogens with two attached hydrogens (primary N) is 1. The first-order valence-electron chi connectivity index (χ1n) is 5.50. The predicted octanol–water partition coefficient (Wildman–Crippen LogP) is 3.98. The second-order valence-electron chi connectivity index (χ2n) is 3.67. The Morgan fingerprint density at radius 2 is 1.88 bits per heavy atom. The van der Waals surface area contributed by atoms with Gasteiger partial charge in [0.25, 0.3) is 0 Å². The summed E-state index contributed by atoms with van der Waals surface area (Å²) in [6.45, 7) is 0.695. The van der Waals surface area contributed by atoms with E-state index in [-0.39, 0.29) is 0 Å². The quantitative estimate of drug-likeness (QED) is 0.891. The summed E-state index contributed by atoms with van der Waals surface area (Å²) >= 11 is 7.43. The summed E-state index contributed by atoms with van der Waals surface area (Å²) in [7, 11) is 0. The average Bonchev–Trinajstić information content (AvgIpc) is 2.77. The Hall–Kier alpha value is -0.900. The Morgan fingerprint density at radius 3 is 2.59 bits per heavy atom. The van der Waals surface area contributed by atoms with Crippen LogP contribution in [-0.4, -0.2) is 6.54 Å². The van der Waals surface area contributed by atoms with Crippen molar-refractivity contribution in [3.63, 3.8) is 0 Å². The van der Waals surface area contributed by atoms with Crippen LogP contribution in [0.25, 0.3) is 0 Å². The third kappa shape index (κ3) is 3.80. The second kappa shape index (κ2) is 6.15. The van der Waals surface area contributed by atoms with E-state index < -0.39 is 0 Å². The van der Waals surface area contributed by atoms with Crippen molar-refractivity contribution in [3.05, 3.63) is 47.2 Å². The van der Waals surface area contributed by atoms with E-state index in [2.05, 4.69) is 0 Å². The molecule has 2 rings (SSSR count). The number of benzene rings is 1. The van der Waals surface area contributed by atoms with Crippen LogP contribution in [-0.2, 0) is 6.42 Å². The molecule has 0 fully saturated rings. The van der Waals surface area contributed by atoms with Gasteiger partial charge in [0.05, 0.1) is 0 Å². The van der Waals surface area contributed by atoms with E-state index in [9.17, 15) is 0 Å². The zero-order valence-electron chi connectivity index (χ0n) is 9.36. The highest BCUT2D eigenvalue weighted by Gasteiger charge is 2.03. The molecule has 0 aliphatic rings. The smallest absolute Gasteiger partial charge is 0.165 e. The van der Waals surface area contributed by atoms with Crippen molar-refractivity contribution in [2.75, 3.05) is 6.54 Å². The van der Waals surface area contributed by atoms with Gasteiger partial charge in [-0.15, -0.1) is 0 Å². The lowest BCUT2D eigenvalue weighted by Gasteiger charge is -1.98. The van der Waals surface area contributed by atoms with Crippen molar-refractivity contribution in [1.82, 2.24) is 0 Å². The normalized spacial score (nSPS) is 10.7. The summed E-state index contributed by atoms with van der Waals surface area (Å²) in [5.74, 6) is 0.993. The molecule has 0 amide bonds. The minimum atomic E-state index is 0.695. The predicted molar refractivity (Wildman–Crippen MR) is 71.7 cm³/mol. The third-order valence-corrected chi connectivity index (χ3v) is 3.48. The van der Waals surface area contributed by atoms with Gasteiger partial charge in [0.2, 0.25) is 0 Å². The van der Waals surface area contributed by atoms with Gasteiger partial charge in [0, 0.05) is 16.3 Å². The molecule has 0 aliphatic heterocycles. The highest BCUT2D eigenvalue weighted by Crippen LogP contribution is 2.30. The Morgan fingerprint density at radius 1 is 1.12 bits per heavy atom. The van der Waals surface area contributed by atoms with Crippen molar-refractivity contribution < 1.29 is 4.42 Å². The molecule has 2 aromatic rings. The lowest BCUT2D eigenvalue weighted by Crippen LogP contribution is -1.99. The Bertz CT molecular complexity index is 467. The van der Waals surface area contributed by atoms with Gasteiger partial charge in [-0.25, -0.2) is 0 Å². The van der Waals surface area contributed by atoms with Crippen LogP contribution in [0.15, 0.2) is 50.8 Å². The molecule has 2 nitrogen and oxygen atoms in total. The van der Waals surface area contributed by atoms with Gasteiger partial charge in [-0.05, 0) is 49.4 Å². The molecule has 4 heteroatoms. The van der Waals surface area contributed by atoms with Crippen molar-refractivity contribution in [2.24, 2.45) is 5.73 Å². The number of halogens is 1. The van der Waals surface area contributed by atoms with E-state index in [4.69, 9.17) is 21.8 Å². The zero-order valence-corrected chi connectivity index (χ0v) is 10.9. The Kier molecular flexibility index (Phi) is 4.54. The fourth-order valence-electron chi connectivity index (χ4n) is 1.44. The summed E-state index contributed by atoms with van der Waals surface area (Å²) in [4.78, 5) is 1.12. The molecule has 1 aromatic heterocycles. The number of hydrogen-bond donors (Lipinski definition) is 1. The van der Waals surface area contributed by atoms with E-state index in [1.54, 1.807) is 11.8 Å². The summed E-state index contributed by atoms with van der Waals surface area (Å²) in [6, 6.07) is 11.7. The van der Waals surface area contributed by atoms with Crippen LogP contribution in [0.2, 0.25) is 5.02 Å². The molecule has 0 saturated carbocycles. The number of rotatable bonds is 5. The van der Waals surface area contributed by atoms with Gasteiger partial charge in [-0.3, -0.25) is 0 Å². The summed E-state index contributed by atoms with van der Waals surface area (Å²) in [5, 5.41) is 1.65. The van der Waals surface area contributed by atoms with Crippen molar-refractivity contribution in [3.8, 4) is 0 Å². The van der Waals surface area contributed by atoms with Gasteiger partial charge < -0.3 is 10.2 Å². The molecule has 1 heterocycles. The monoisotopic (exact) mass is 267 g/mol. The average molecular weight is 268 g/mol. The molecular formula is C13H14ClNOS. The van der Waals surface area contributed by atoms with Crippen molar-refractivity contribution >= 4 is 23.4 Å². The Balaban J connectivity index is 1.98. The fourth-order valence-corrected chi connectivity index (χ4v) is 2.36. The van der Waals surface area contributed by atoms with Crippen LogP contribution < -0.4 is 5.73 Å². The third-order valence-electron chi connectivity index (χ3n) is 2.30. The van der Waals surface area contributed by atoms with Crippen LogP contribution in [0.4, 0.5) is 0 Å². The standard InChI is InChI=1S/C13H14ClNOS/c14-10-3-6-12(7-4-10)17-13-8-5-11(16-13)2-1-9-15/h3-8H,1-2,9,15H2. The lowest BCUT2D eigenvalue weighted by molar-refractivity contribution is 0.428. The maximum atomic E-state index is 5.83. The van der Waals surface area contributed by atoms with E-state index in [0.29, 0.717) is 6.54 Å². The summed E-state index contributed by atoms with van der Waals surface area (Å²) in [6.07, 6.45) is 1.86. The van der Waals surface area contributed by atoms with Crippen LogP contribution in [0.3, 0.4) is 0 Å². The first kappa shape index (κ1) is 12.6. The van der Waals surface area contributed by atoms with Gasteiger partial charge in [-0.1, -0.05) is 23.4 Å². The zero-order chi connectivity index (χ0) is 12.1. The fraction of sp³-hybridized carbons (Fsp3) is 0.231. The molecule has 0 aliphatic carbocycles.